The number of para-hydroxylation sites is 1. The summed E-state index contributed by atoms with van der Waals surface area (Å²) in [5.74, 6) is 0.645. The Bertz CT molecular complexity index is 826. The van der Waals surface area contributed by atoms with Crippen LogP contribution in [0, 0.1) is 6.92 Å². The molecule has 168 valence electrons. The number of benzene rings is 2. The predicted molar refractivity (Wildman–Crippen MR) is 125 cm³/mol. The minimum Gasteiger partial charge on any atom is -0.494 e. The number of hydrogen-bond acceptors (Lipinski definition) is 3. The third-order valence-corrected chi connectivity index (χ3v) is 4.90. The molecule has 2 rings (SSSR count). The highest BCUT2D eigenvalue weighted by Crippen LogP contribution is 2.16. The zero-order valence-corrected chi connectivity index (χ0v) is 19.5. The second-order valence-electron chi connectivity index (χ2n) is 8.94. The van der Waals surface area contributed by atoms with Gasteiger partial charge in [-0.05, 0) is 58.2 Å². The zero-order chi connectivity index (χ0) is 22.9. The van der Waals surface area contributed by atoms with Crippen molar-refractivity contribution in [2.75, 3.05) is 6.61 Å². The number of aryl methyl sites for hydroxylation is 1. The Morgan fingerprint density at radius 1 is 1.03 bits per heavy atom. The second kappa shape index (κ2) is 11.5. The van der Waals surface area contributed by atoms with Crippen molar-refractivity contribution in [3.63, 3.8) is 0 Å². The molecule has 0 aliphatic carbocycles. The molecule has 0 radical (unpaired) electrons. The fourth-order valence-corrected chi connectivity index (χ4v) is 3.34. The molecule has 0 aromatic heterocycles. The van der Waals surface area contributed by atoms with Crippen LogP contribution in [0.15, 0.2) is 54.6 Å². The Labute approximate surface area is 186 Å². The van der Waals surface area contributed by atoms with E-state index in [1.807, 2.05) is 89.2 Å². The molecule has 1 unspecified atom stereocenters. The zero-order valence-electron chi connectivity index (χ0n) is 19.5. The molecule has 5 heteroatoms. The Kier molecular flexibility index (Phi) is 9.10. The van der Waals surface area contributed by atoms with E-state index in [9.17, 15) is 9.59 Å². The van der Waals surface area contributed by atoms with Gasteiger partial charge in [0.1, 0.15) is 11.8 Å². The molecule has 1 N–H and O–H groups in total. The van der Waals surface area contributed by atoms with E-state index < -0.39 is 6.04 Å². The quantitative estimate of drug-likeness (QED) is 0.553. The molecular weight excluding hydrogens is 388 g/mol. The Hall–Kier alpha value is -2.82. The monoisotopic (exact) mass is 424 g/mol. The molecule has 31 heavy (non-hydrogen) atoms. The van der Waals surface area contributed by atoms with Crippen LogP contribution in [0.4, 0.5) is 0 Å². The lowest BCUT2D eigenvalue weighted by atomic mass is 10.0. The van der Waals surface area contributed by atoms with Gasteiger partial charge in [0.2, 0.25) is 11.8 Å². The number of carbonyl (C=O) groups excluding carboxylic acids is 2. The first-order valence-electron chi connectivity index (χ1n) is 11.0. The van der Waals surface area contributed by atoms with Crippen molar-refractivity contribution in [2.24, 2.45) is 0 Å². The van der Waals surface area contributed by atoms with E-state index in [-0.39, 0.29) is 17.4 Å². The summed E-state index contributed by atoms with van der Waals surface area (Å²) in [7, 11) is 0. The minimum atomic E-state index is -0.511. The van der Waals surface area contributed by atoms with Gasteiger partial charge >= 0.3 is 0 Å². The van der Waals surface area contributed by atoms with Gasteiger partial charge in [-0.1, -0.05) is 55.0 Å². The van der Waals surface area contributed by atoms with Crippen LogP contribution >= 0.6 is 0 Å². The summed E-state index contributed by atoms with van der Waals surface area (Å²) < 4.78 is 5.72. The first-order chi connectivity index (χ1) is 14.7. The average molecular weight is 425 g/mol. The lowest BCUT2D eigenvalue weighted by Gasteiger charge is -2.33. The van der Waals surface area contributed by atoms with Crippen molar-refractivity contribution in [2.45, 2.75) is 72.0 Å². The van der Waals surface area contributed by atoms with Crippen molar-refractivity contribution in [3.05, 3.63) is 65.7 Å². The van der Waals surface area contributed by atoms with Gasteiger partial charge in [0, 0.05) is 18.5 Å². The molecule has 2 aromatic carbocycles. The minimum absolute atomic E-state index is 0.0341. The van der Waals surface area contributed by atoms with Crippen molar-refractivity contribution in [1.29, 1.82) is 0 Å². The lowest BCUT2D eigenvalue weighted by molar-refractivity contribution is -0.142. The van der Waals surface area contributed by atoms with Crippen LogP contribution in [0.25, 0.3) is 0 Å². The molecule has 0 aliphatic rings. The maximum absolute atomic E-state index is 13.2. The highest BCUT2D eigenvalue weighted by molar-refractivity contribution is 5.88. The van der Waals surface area contributed by atoms with E-state index in [0.717, 1.165) is 16.9 Å². The number of nitrogens with zero attached hydrogens (tertiary/aromatic N) is 1. The van der Waals surface area contributed by atoms with E-state index in [2.05, 4.69) is 5.32 Å². The number of ether oxygens (including phenoxy) is 1. The topological polar surface area (TPSA) is 58.6 Å². The molecule has 1 atom stereocenters. The molecule has 0 spiro atoms. The van der Waals surface area contributed by atoms with Gasteiger partial charge in [-0.25, -0.2) is 0 Å². The van der Waals surface area contributed by atoms with Crippen molar-refractivity contribution in [3.8, 4) is 5.75 Å². The van der Waals surface area contributed by atoms with Crippen LogP contribution in [0.3, 0.4) is 0 Å². The predicted octanol–water partition coefficient (Wildman–Crippen LogP) is 4.88. The van der Waals surface area contributed by atoms with E-state index in [0.29, 0.717) is 32.4 Å². The molecule has 0 bridgehead atoms. The first-order valence-corrected chi connectivity index (χ1v) is 11.0. The second-order valence-corrected chi connectivity index (χ2v) is 8.94. The van der Waals surface area contributed by atoms with E-state index in [1.165, 1.54) is 0 Å². The summed E-state index contributed by atoms with van der Waals surface area (Å²) in [5.41, 5.74) is 1.82. The molecule has 0 saturated carbocycles. The lowest BCUT2D eigenvalue weighted by Crippen LogP contribution is -2.53. The van der Waals surface area contributed by atoms with Crippen LogP contribution in [0.2, 0.25) is 0 Å². The summed E-state index contributed by atoms with van der Waals surface area (Å²) >= 11 is 0. The summed E-state index contributed by atoms with van der Waals surface area (Å²) in [4.78, 5) is 27.9. The van der Waals surface area contributed by atoms with Crippen molar-refractivity contribution < 1.29 is 14.3 Å². The molecule has 0 saturated heterocycles. The van der Waals surface area contributed by atoms with E-state index in [1.54, 1.807) is 4.90 Å². The van der Waals surface area contributed by atoms with Crippen LogP contribution in [-0.2, 0) is 16.1 Å². The molecular formula is C26H36N2O3. The van der Waals surface area contributed by atoms with Crippen LogP contribution in [-0.4, -0.2) is 34.9 Å². The van der Waals surface area contributed by atoms with Gasteiger partial charge in [0.15, 0.2) is 0 Å². The highest BCUT2D eigenvalue weighted by atomic mass is 16.5. The van der Waals surface area contributed by atoms with Gasteiger partial charge in [0.25, 0.3) is 0 Å². The van der Waals surface area contributed by atoms with Crippen molar-refractivity contribution in [1.82, 2.24) is 10.2 Å². The number of amides is 2. The number of hydrogen-bond donors (Lipinski definition) is 1. The Balaban J connectivity index is 2.08. The third kappa shape index (κ3) is 8.44. The summed E-state index contributed by atoms with van der Waals surface area (Å²) in [6.07, 6.45) is 1.48. The maximum Gasteiger partial charge on any atom is 0.243 e. The van der Waals surface area contributed by atoms with E-state index >= 15 is 0 Å². The molecule has 0 fully saturated rings. The van der Waals surface area contributed by atoms with Crippen molar-refractivity contribution >= 4 is 11.8 Å². The molecule has 2 aromatic rings. The number of carbonyl (C=O) groups is 2. The average Bonchev–Trinajstić information content (AvgIpc) is 2.72. The molecule has 5 nitrogen and oxygen atoms in total. The summed E-state index contributed by atoms with van der Waals surface area (Å²) in [6, 6.07) is 17.2. The van der Waals surface area contributed by atoms with Crippen LogP contribution in [0.5, 0.6) is 5.75 Å². The highest BCUT2D eigenvalue weighted by Gasteiger charge is 2.30. The van der Waals surface area contributed by atoms with Crippen LogP contribution in [0.1, 0.15) is 58.1 Å². The van der Waals surface area contributed by atoms with Gasteiger partial charge in [0.05, 0.1) is 6.61 Å². The molecule has 0 heterocycles. The smallest absolute Gasteiger partial charge is 0.243 e. The molecule has 0 aliphatic heterocycles. The largest absolute Gasteiger partial charge is 0.494 e. The summed E-state index contributed by atoms with van der Waals surface area (Å²) in [5, 5.41) is 3.03. The van der Waals surface area contributed by atoms with Gasteiger partial charge in [-0.15, -0.1) is 0 Å². The fourth-order valence-electron chi connectivity index (χ4n) is 3.34. The van der Waals surface area contributed by atoms with Gasteiger partial charge in [-0.2, -0.15) is 0 Å². The number of nitrogens with one attached hydrogen (secondary N) is 1. The van der Waals surface area contributed by atoms with E-state index in [4.69, 9.17) is 4.74 Å². The SMILES string of the molecule is CCC(C(=O)NC(C)(C)C)N(Cc1ccc(C)cc1)C(=O)CCCOc1ccccc1. The Morgan fingerprint density at radius 2 is 1.68 bits per heavy atom. The normalized spacial score (nSPS) is 12.2. The van der Waals surface area contributed by atoms with Gasteiger partial charge in [-0.3, -0.25) is 9.59 Å². The first kappa shape index (κ1) is 24.4. The van der Waals surface area contributed by atoms with Gasteiger partial charge < -0.3 is 15.0 Å². The Morgan fingerprint density at radius 3 is 2.26 bits per heavy atom. The standard InChI is InChI=1S/C26H36N2O3/c1-6-23(25(30)27-26(3,4)5)28(19-21-16-14-20(2)15-17-21)24(29)13-10-18-31-22-11-8-7-9-12-22/h7-9,11-12,14-17,23H,6,10,13,18-19H2,1-5H3,(H,27,30). The maximum atomic E-state index is 13.2. The third-order valence-electron chi connectivity index (χ3n) is 4.90. The molecule has 2 amide bonds. The fraction of sp³-hybridized carbons (Fsp3) is 0.462. The number of rotatable bonds is 10. The summed E-state index contributed by atoms with van der Waals surface area (Å²) in [6.45, 7) is 10.7. The van der Waals surface area contributed by atoms with Crippen LogP contribution < -0.4 is 10.1 Å².